The van der Waals surface area contributed by atoms with Crippen LogP contribution in [0.2, 0.25) is 0 Å². The lowest BCUT2D eigenvalue weighted by atomic mass is 10.2. The molecule has 2 aromatic rings. The second-order valence-corrected chi connectivity index (χ2v) is 3.85. The first-order chi connectivity index (χ1) is 9.10. The van der Waals surface area contributed by atoms with Crippen LogP contribution in [0.1, 0.15) is 17.0 Å². The summed E-state index contributed by atoms with van der Waals surface area (Å²) in [5.41, 5.74) is 0.402. The number of amides is 1. The van der Waals surface area contributed by atoms with Crippen molar-refractivity contribution in [2.45, 2.75) is 6.42 Å². The SMILES string of the molecule is CNC(=O)CCOC(=O)c1cc2cc(F)ccc2o1. The zero-order valence-corrected chi connectivity index (χ0v) is 10.2. The number of fused-ring (bicyclic) bond motifs is 1. The number of hydrogen-bond acceptors (Lipinski definition) is 4. The van der Waals surface area contributed by atoms with Gasteiger partial charge in [0.1, 0.15) is 18.0 Å². The van der Waals surface area contributed by atoms with Gasteiger partial charge in [-0.1, -0.05) is 0 Å². The van der Waals surface area contributed by atoms with Crippen LogP contribution in [0, 0.1) is 5.82 Å². The molecule has 0 aliphatic rings. The van der Waals surface area contributed by atoms with Crippen LogP contribution >= 0.6 is 0 Å². The van der Waals surface area contributed by atoms with Crippen molar-refractivity contribution in [3.63, 3.8) is 0 Å². The zero-order valence-electron chi connectivity index (χ0n) is 10.2. The predicted molar refractivity (Wildman–Crippen MR) is 65.1 cm³/mol. The number of furan rings is 1. The third kappa shape index (κ3) is 3.09. The van der Waals surface area contributed by atoms with Gasteiger partial charge in [0.15, 0.2) is 0 Å². The van der Waals surface area contributed by atoms with Crippen LogP contribution in [0.3, 0.4) is 0 Å². The molecular weight excluding hydrogens is 253 g/mol. The Morgan fingerprint density at radius 1 is 1.37 bits per heavy atom. The number of halogens is 1. The molecule has 1 N–H and O–H groups in total. The molecule has 1 heterocycles. The van der Waals surface area contributed by atoms with Crippen LogP contribution < -0.4 is 5.32 Å². The van der Waals surface area contributed by atoms with E-state index in [1.165, 1.54) is 31.3 Å². The minimum atomic E-state index is -0.680. The summed E-state index contributed by atoms with van der Waals surface area (Å²) in [5, 5.41) is 2.90. The van der Waals surface area contributed by atoms with Crippen molar-refractivity contribution in [1.29, 1.82) is 0 Å². The molecule has 1 amide bonds. The van der Waals surface area contributed by atoms with Gasteiger partial charge in [0.25, 0.3) is 0 Å². The van der Waals surface area contributed by atoms with Gasteiger partial charge in [-0.3, -0.25) is 4.79 Å². The quantitative estimate of drug-likeness (QED) is 0.857. The lowest BCUT2D eigenvalue weighted by Crippen LogP contribution is -2.20. The maximum Gasteiger partial charge on any atom is 0.374 e. The fourth-order valence-corrected chi connectivity index (χ4v) is 1.55. The maximum atomic E-state index is 13.0. The van der Waals surface area contributed by atoms with Gasteiger partial charge in [0.2, 0.25) is 11.7 Å². The molecule has 6 heteroatoms. The molecule has 1 aromatic carbocycles. The van der Waals surface area contributed by atoms with Gasteiger partial charge in [-0.05, 0) is 24.3 Å². The Bertz CT molecular complexity index is 620. The number of carbonyl (C=O) groups is 2. The largest absolute Gasteiger partial charge is 0.459 e. The second kappa shape index (κ2) is 5.51. The number of ether oxygens (including phenoxy) is 1. The molecule has 0 radical (unpaired) electrons. The van der Waals surface area contributed by atoms with E-state index in [9.17, 15) is 14.0 Å². The molecule has 0 unspecified atom stereocenters. The molecule has 0 aliphatic heterocycles. The summed E-state index contributed by atoms with van der Waals surface area (Å²) < 4.78 is 23.1. The van der Waals surface area contributed by atoms with Gasteiger partial charge in [0.05, 0.1) is 6.42 Å². The Balaban J connectivity index is 2.03. The Labute approximate surface area is 108 Å². The normalized spacial score (nSPS) is 10.4. The molecular formula is C13H12FNO4. The Kier molecular flexibility index (Phi) is 3.79. The molecule has 0 bridgehead atoms. The van der Waals surface area contributed by atoms with E-state index >= 15 is 0 Å². The predicted octanol–water partition coefficient (Wildman–Crippen LogP) is 1.86. The van der Waals surface area contributed by atoms with Crippen molar-refractivity contribution in [2.24, 2.45) is 0 Å². The van der Waals surface area contributed by atoms with E-state index in [2.05, 4.69) is 5.32 Å². The first-order valence-electron chi connectivity index (χ1n) is 5.67. The number of carbonyl (C=O) groups excluding carboxylic acids is 2. The van der Waals surface area contributed by atoms with Crippen LogP contribution in [0.15, 0.2) is 28.7 Å². The summed E-state index contributed by atoms with van der Waals surface area (Å²) in [6.07, 6.45) is 0.0805. The molecule has 1 aromatic heterocycles. The fourth-order valence-electron chi connectivity index (χ4n) is 1.55. The molecule has 0 aliphatic carbocycles. The summed E-state index contributed by atoms with van der Waals surface area (Å²) in [4.78, 5) is 22.6. The number of esters is 1. The Morgan fingerprint density at radius 3 is 2.89 bits per heavy atom. The smallest absolute Gasteiger partial charge is 0.374 e. The van der Waals surface area contributed by atoms with Crippen molar-refractivity contribution in [3.8, 4) is 0 Å². The molecule has 0 fully saturated rings. The van der Waals surface area contributed by atoms with Crippen LogP contribution in [0.25, 0.3) is 11.0 Å². The summed E-state index contributed by atoms with van der Waals surface area (Å²) in [6, 6.07) is 5.35. The van der Waals surface area contributed by atoms with Gasteiger partial charge in [-0.2, -0.15) is 0 Å². The average Bonchev–Trinajstić information content (AvgIpc) is 2.81. The fraction of sp³-hybridized carbons (Fsp3) is 0.231. The Hall–Kier alpha value is -2.37. The summed E-state index contributed by atoms with van der Waals surface area (Å²) in [7, 11) is 1.50. The summed E-state index contributed by atoms with van der Waals surface area (Å²) in [5.74, 6) is -1.33. The van der Waals surface area contributed by atoms with Crippen LogP contribution in [-0.2, 0) is 9.53 Å². The molecule has 19 heavy (non-hydrogen) atoms. The van der Waals surface area contributed by atoms with Gasteiger partial charge in [0, 0.05) is 12.4 Å². The molecule has 0 atom stereocenters. The number of hydrogen-bond donors (Lipinski definition) is 1. The third-order valence-corrected chi connectivity index (χ3v) is 2.52. The van der Waals surface area contributed by atoms with E-state index in [-0.39, 0.29) is 24.7 Å². The van der Waals surface area contributed by atoms with Crippen LogP contribution in [0.5, 0.6) is 0 Å². The number of nitrogens with one attached hydrogen (secondary N) is 1. The summed E-state index contributed by atoms with van der Waals surface area (Å²) in [6.45, 7) is -0.0378. The number of benzene rings is 1. The molecule has 0 saturated heterocycles. The molecule has 0 spiro atoms. The van der Waals surface area contributed by atoms with Crippen LogP contribution in [-0.4, -0.2) is 25.5 Å². The van der Waals surface area contributed by atoms with Gasteiger partial charge >= 0.3 is 5.97 Å². The van der Waals surface area contributed by atoms with Crippen molar-refractivity contribution in [3.05, 3.63) is 35.8 Å². The van der Waals surface area contributed by atoms with Crippen molar-refractivity contribution in [1.82, 2.24) is 5.32 Å². The van der Waals surface area contributed by atoms with E-state index in [1.54, 1.807) is 0 Å². The molecule has 0 saturated carbocycles. The minimum absolute atomic E-state index is 0.0162. The standard InChI is InChI=1S/C13H12FNO4/c1-15-12(16)4-5-18-13(17)11-7-8-6-9(14)2-3-10(8)19-11/h2-3,6-7H,4-5H2,1H3,(H,15,16). The highest BCUT2D eigenvalue weighted by atomic mass is 19.1. The summed E-state index contributed by atoms with van der Waals surface area (Å²) >= 11 is 0. The average molecular weight is 265 g/mol. The monoisotopic (exact) mass is 265 g/mol. The molecule has 100 valence electrons. The molecule has 5 nitrogen and oxygen atoms in total. The third-order valence-electron chi connectivity index (χ3n) is 2.52. The highest BCUT2D eigenvalue weighted by Gasteiger charge is 2.14. The van der Waals surface area contributed by atoms with E-state index in [1.807, 2.05) is 0 Å². The van der Waals surface area contributed by atoms with Gasteiger partial charge < -0.3 is 14.5 Å². The van der Waals surface area contributed by atoms with Crippen molar-refractivity contribution in [2.75, 3.05) is 13.7 Å². The second-order valence-electron chi connectivity index (χ2n) is 3.85. The molecule has 2 rings (SSSR count). The topological polar surface area (TPSA) is 68.5 Å². The lowest BCUT2D eigenvalue weighted by Gasteiger charge is -2.01. The highest BCUT2D eigenvalue weighted by molar-refractivity contribution is 5.92. The highest BCUT2D eigenvalue weighted by Crippen LogP contribution is 2.20. The van der Waals surface area contributed by atoms with Gasteiger partial charge in [-0.15, -0.1) is 0 Å². The van der Waals surface area contributed by atoms with E-state index in [0.29, 0.717) is 11.0 Å². The van der Waals surface area contributed by atoms with E-state index in [0.717, 1.165) is 0 Å². The first kappa shape index (κ1) is 13.1. The first-order valence-corrected chi connectivity index (χ1v) is 5.67. The Morgan fingerprint density at radius 2 is 2.16 bits per heavy atom. The minimum Gasteiger partial charge on any atom is -0.459 e. The van der Waals surface area contributed by atoms with E-state index < -0.39 is 11.8 Å². The maximum absolute atomic E-state index is 13.0. The van der Waals surface area contributed by atoms with Crippen molar-refractivity contribution < 1.29 is 23.1 Å². The number of rotatable bonds is 4. The van der Waals surface area contributed by atoms with E-state index in [4.69, 9.17) is 9.15 Å². The van der Waals surface area contributed by atoms with Gasteiger partial charge in [-0.25, -0.2) is 9.18 Å². The lowest BCUT2D eigenvalue weighted by molar-refractivity contribution is -0.121. The zero-order chi connectivity index (χ0) is 13.8. The van der Waals surface area contributed by atoms with Crippen LogP contribution in [0.4, 0.5) is 4.39 Å². The van der Waals surface area contributed by atoms with Crippen molar-refractivity contribution >= 4 is 22.8 Å².